The van der Waals surface area contributed by atoms with Crippen molar-refractivity contribution in [1.82, 2.24) is 14.9 Å². The number of pyridine rings is 1. The standard InChI is InChI=1S/C18H22N4O2/c1-21(2)18(23)24-17-6-5-15-13-22(11-3-4-14(15)12-17)20-16-7-9-19-10-8-16/h5-10,12H,3-4,11,13H2,1-2H3,(H,19,20). The quantitative estimate of drug-likeness (QED) is 0.940. The van der Waals surface area contributed by atoms with Crippen molar-refractivity contribution < 1.29 is 9.53 Å². The molecule has 0 fully saturated rings. The number of carbonyl (C=O) groups excluding carboxylic acids is 1. The highest BCUT2D eigenvalue weighted by atomic mass is 16.6. The van der Waals surface area contributed by atoms with Crippen LogP contribution in [0.1, 0.15) is 17.5 Å². The van der Waals surface area contributed by atoms with Crippen molar-refractivity contribution in [3.05, 3.63) is 53.9 Å². The number of aromatic nitrogens is 1. The molecule has 0 saturated heterocycles. The molecular formula is C18H22N4O2. The second kappa shape index (κ2) is 7.31. The molecule has 1 aromatic heterocycles. The Morgan fingerprint density at radius 1 is 1.21 bits per heavy atom. The number of aryl methyl sites for hydroxylation is 1. The fourth-order valence-corrected chi connectivity index (χ4v) is 2.69. The molecule has 0 saturated carbocycles. The minimum Gasteiger partial charge on any atom is -0.410 e. The van der Waals surface area contributed by atoms with Crippen molar-refractivity contribution in [1.29, 1.82) is 0 Å². The van der Waals surface area contributed by atoms with Crippen molar-refractivity contribution in [2.45, 2.75) is 19.4 Å². The second-order valence-electron chi connectivity index (χ2n) is 6.07. The van der Waals surface area contributed by atoms with Gasteiger partial charge in [-0.3, -0.25) is 4.98 Å². The first-order chi connectivity index (χ1) is 11.6. The van der Waals surface area contributed by atoms with E-state index in [1.165, 1.54) is 16.0 Å². The Labute approximate surface area is 142 Å². The van der Waals surface area contributed by atoms with Crippen LogP contribution in [0.15, 0.2) is 42.7 Å². The largest absolute Gasteiger partial charge is 0.414 e. The Hall–Kier alpha value is -2.60. The highest BCUT2D eigenvalue weighted by Gasteiger charge is 2.16. The van der Waals surface area contributed by atoms with E-state index in [1.54, 1.807) is 26.5 Å². The van der Waals surface area contributed by atoms with E-state index < -0.39 is 0 Å². The molecule has 2 aromatic rings. The number of hydrazine groups is 1. The molecule has 0 bridgehead atoms. The predicted molar refractivity (Wildman–Crippen MR) is 92.7 cm³/mol. The van der Waals surface area contributed by atoms with E-state index in [4.69, 9.17) is 4.74 Å². The summed E-state index contributed by atoms with van der Waals surface area (Å²) in [4.78, 5) is 17.1. The van der Waals surface area contributed by atoms with Crippen molar-refractivity contribution in [2.75, 3.05) is 26.1 Å². The monoisotopic (exact) mass is 326 g/mol. The lowest BCUT2D eigenvalue weighted by molar-refractivity contribution is 0.172. The van der Waals surface area contributed by atoms with Gasteiger partial charge in [-0.2, -0.15) is 0 Å². The summed E-state index contributed by atoms with van der Waals surface area (Å²) in [6, 6.07) is 9.79. The normalized spacial score (nSPS) is 14.4. The number of amides is 1. The first-order valence-electron chi connectivity index (χ1n) is 8.04. The van der Waals surface area contributed by atoms with Crippen LogP contribution in [0, 0.1) is 0 Å². The molecule has 3 rings (SSSR count). The van der Waals surface area contributed by atoms with E-state index in [0.717, 1.165) is 31.6 Å². The number of benzene rings is 1. The van der Waals surface area contributed by atoms with Gasteiger partial charge in [-0.05, 0) is 48.2 Å². The number of anilines is 1. The number of rotatable bonds is 3. The average molecular weight is 326 g/mol. The molecule has 2 heterocycles. The van der Waals surface area contributed by atoms with Gasteiger partial charge >= 0.3 is 6.09 Å². The zero-order valence-electron chi connectivity index (χ0n) is 14.0. The lowest BCUT2D eigenvalue weighted by Gasteiger charge is -2.22. The maximum absolute atomic E-state index is 11.7. The van der Waals surface area contributed by atoms with Gasteiger partial charge in [-0.1, -0.05) is 6.07 Å². The van der Waals surface area contributed by atoms with Crippen molar-refractivity contribution in [2.24, 2.45) is 0 Å². The highest BCUT2D eigenvalue weighted by Crippen LogP contribution is 2.24. The molecule has 6 nitrogen and oxygen atoms in total. The van der Waals surface area contributed by atoms with Gasteiger partial charge in [0.25, 0.3) is 0 Å². The Morgan fingerprint density at radius 2 is 2.00 bits per heavy atom. The van der Waals surface area contributed by atoms with Gasteiger partial charge in [-0.15, -0.1) is 0 Å². The molecule has 1 aromatic carbocycles. The fraction of sp³-hybridized carbons (Fsp3) is 0.333. The summed E-state index contributed by atoms with van der Waals surface area (Å²) in [5.41, 5.74) is 6.94. The number of carbonyl (C=O) groups is 1. The molecule has 6 heteroatoms. The third-order valence-electron chi connectivity index (χ3n) is 3.95. The number of ether oxygens (including phenoxy) is 1. The smallest absolute Gasteiger partial charge is 0.410 e. The van der Waals surface area contributed by atoms with Crippen LogP contribution in [0.5, 0.6) is 5.75 Å². The maximum atomic E-state index is 11.7. The van der Waals surface area contributed by atoms with E-state index in [1.807, 2.05) is 30.3 Å². The SMILES string of the molecule is CN(C)C(=O)Oc1ccc2c(c1)CCCN(Nc1ccncc1)C2. The van der Waals surface area contributed by atoms with Crippen molar-refractivity contribution >= 4 is 11.8 Å². The van der Waals surface area contributed by atoms with Crippen LogP contribution in [0.25, 0.3) is 0 Å². The second-order valence-corrected chi connectivity index (χ2v) is 6.07. The van der Waals surface area contributed by atoms with Gasteiger partial charge in [0, 0.05) is 39.6 Å². The lowest BCUT2D eigenvalue weighted by atomic mass is 10.0. The number of hydrogen-bond donors (Lipinski definition) is 1. The zero-order chi connectivity index (χ0) is 16.9. The fourth-order valence-electron chi connectivity index (χ4n) is 2.69. The van der Waals surface area contributed by atoms with E-state index >= 15 is 0 Å². The first-order valence-corrected chi connectivity index (χ1v) is 8.04. The number of nitrogens with one attached hydrogen (secondary N) is 1. The van der Waals surface area contributed by atoms with Gasteiger partial charge in [0.05, 0.1) is 5.69 Å². The summed E-state index contributed by atoms with van der Waals surface area (Å²) in [5.74, 6) is 0.600. The van der Waals surface area contributed by atoms with Gasteiger partial charge < -0.3 is 15.1 Å². The van der Waals surface area contributed by atoms with Crippen LogP contribution in [-0.4, -0.2) is 41.6 Å². The molecule has 0 spiro atoms. The van der Waals surface area contributed by atoms with Crippen LogP contribution in [-0.2, 0) is 13.0 Å². The molecule has 0 aliphatic carbocycles. The topological polar surface area (TPSA) is 57.7 Å². The summed E-state index contributed by atoms with van der Waals surface area (Å²) in [5, 5.41) is 2.20. The Morgan fingerprint density at radius 3 is 2.75 bits per heavy atom. The Bertz CT molecular complexity index is 703. The predicted octanol–water partition coefficient (Wildman–Crippen LogP) is 2.92. The minimum atomic E-state index is -0.357. The van der Waals surface area contributed by atoms with E-state index in [0.29, 0.717) is 5.75 Å². The molecule has 1 N–H and O–H groups in total. The van der Waals surface area contributed by atoms with E-state index in [2.05, 4.69) is 15.4 Å². The van der Waals surface area contributed by atoms with Gasteiger partial charge in [0.2, 0.25) is 0 Å². The summed E-state index contributed by atoms with van der Waals surface area (Å²) in [6.45, 7) is 1.75. The van der Waals surface area contributed by atoms with E-state index in [-0.39, 0.29) is 6.09 Å². The number of hydrogen-bond acceptors (Lipinski definition) is 5. The van der Waals surface area contributed by atoms with Crippen LogP contribution in [0.2, 0.25) is 0 Å². The van der Waals surface area contributed by atoms with Crippen LogP contribution >= 0.6 is 0 Å². The molecule has 1 aliphatic heterocycles. The molecule has 1 aliphatic rings. The molecular weight excluding hydrogens is 304 g/mol. The highest BCUT2D eigenvalue weighted by molar-refractivity contribution is 5.70. The Kier molecular flexibility index (Phi) is 4.96. The molecule has 126 valence electrons. The van der Waals surface area contributed by atoms with Gasteiger partial charge in [0.1, 0.15) is 5.75 Å². The molecule has 24 heavy (non-hydrogen) atoms. The average Bonchev–Trinajstić information content (AvgIpc) is 2.77. The maximum Gasteiger partial charge on any atom is 0.414 e. The van der Waals surface area contributed by atoms with Gasteiger partial charge in [0.15, 0.2) is 0 Å². The van der Waals surface area contributed by atoms with Gasteiger partial charge in [-0.25, -0.2) is 9.80 Å². The number of nitrogens with zero attached hydrogens (tertiary/aromatic N) is 3. The minimum absolute atomic E-state index is 0.357. The zero-order valence-corrected chi connectivity index (χ0v) is 14.0. The van der Waals surface area contributed by atoms with Crippen LogP contribution < -0.4 is 10.2 Å². The summed E-state index contributed by atoms with van der Waals surface area (Å²) < 4.78 is 5.36. The van der Waals surface area contributed by atoms with Crippen LogP contribution in [0.4, 0.5) is 10.5 Å². The van der Waals surface area contributed by atoms with Crippen molar-refractivity contribution in [3.63, 3.8) is 0 Å². The summed E-state index contributed by atoms with van der Waals surface area (Å²) in [7, 11) is 3.35. The Balaban J connectivity index is 1.71. The molecule has 0 radical (unpaired) electrons. The van der Waals surface area contributed by atoms with Crippen LogP contribution in [0.3, 0.4) is 0 Å². The third kappa shape index (κ3) is 4.02. The molecule has 0 unspecified atom stereocenters. The van der Waals surface area contributed by atoms with Crippen molar-refractivity contribution in [3.8, 4) is 5.75 Å². The van der Waals surface area contributed by atoms with E-state index in [9.17, 15) is 4.79 Å². The number of fused-ring (bicyclic) bond motifs is 1. The molecule has 0 atom stereocenters. The lowest BCUT2D eigenvalue weighted by Crippen LogP contribution is -2.29. The summed E-state index contributed by atoms with van der Waals surface area (Å²) >= 11 is 0. The summed E-state index contributed by atoms with van der Waals surface area (Å²) in [6.07, 6.45) is 5.20. The first kappa shape index (κ1) is 16.3. The molecule has 1 amide bonds. The third-order valence-corrected chi connectivity index (χ3v) is 3.95.